The molecule has 0 aliphatic rings. The van der Waals surface area contributed by atoms with E-state index in [4.69, 9.17) is 4.74 Å². The summed E-state index contributed by atoms with van der Waals surface area (Å²) in [5.41, 5.74) is 0. The summed E-state index contributed by atoms with van der Waals surface area (Å²) in [6, 6.07) is -0.538. The molecule has 526 valence electrons. The van der Waals surface area contributed by atoms with Crippen molar-refractivity contribution in [3.63, 3.8) is 0 Å². The van der Waals surface area contributed by atoms with Crippen molar-refractivity contribution in [1.82, 2.24) is 5.32 Å². The molecule has 2 unspecified atom stereocenters. The number of ether oxygens (including phenoxy) is 1. The minimum atomic E-state index is -0.662. The predicted molar refractivity (Wildman–Crippen MR) is 389 cm³/mol. The Bertz CT molecular complexity index is 1290. The van der Waals surface area contributed by atoms with Gasteiger partial charge in [0, 0.05) is 12.8 Å². The molecule has 1 amide bonds. The van der Waals surface area contributed by atoms with Crippen LogP contribution < -0.4 is 5.32 Å². The summed E-state index contributed by atoms with van der Waals surface area (Å²) in [6.07, 6.45) is 97.9. The number of carbonyl (C=O) groups excluding carboxylic acids is 2. The number of aliphatic hydroxyl groups excluding tert-OH is 2. The Morgan fingerprint density at radius 2 is 0.466 bits per heavy atom. The van der Waals surface area contributed by atoms with Gasteiger partial charge in [-0.3, -0.25) is 9.59 Å². The number of unbranched alkanes of at least 4 members (excludes halogenated alkanes) is 68. The number of nitrogens with one attached hydrogen (secondary N) is 1. The van der Waals surface area contributed by atoms with Crippen LogP contribution in [0.4, 0.5) is 0 Å². The smallest absolute Gasteiger partial charge is 0.305 e. The zero-order chi connectivity index (χ0) is 63.5. The largest absolute Gasteiger partial charge is 0.466 e. The van der Waals surface area contributed by atoms with E-state index in [2.05, 4.69) is 19.2 Å². The summed E-state index contributed by atoms with van der Waals surface area (Å²) in [4.78, 5) is 24.7. The van der Waals surface area contributed by atoms with Crippen molar-refractivity contribution in [2.75, 3.05) is 13.2 Å². The fourth-order valence-electron chi connectivity index (χ4n) is 13.6. The van der Waals surface area contributed by atoms with Crippen molar-refractivity contribution in [2.45, 2.75) is 501 Å². The lowest BCUT2D eigenvalue weighted by atomic mass is 10.0. The summed E-state index contributed by atoms with van der Waals surface area (Å²) in [5, 5.41) is 23.5. The number of hydrogen-bond donors (Lipinski definition) is 3. The number of rotatable bonds is 79. The lowest BCUT2D eigenvalue weighted by Crippen LogP contribution is -2.45. The van der Waals surface area contributed by atoms with Crippen molar-refractivity contribution in [1.29, 1.82) is 0 Å². The van der Waals surface area contributed by atoms with Crippen LogP contribution >= 0.6 is 0 Å². The maximum absolute atomic E-state index is 12.6. The van der Waals surface area contributed by atoms with E-state index in [9.17, 15) is 19.8 Å². The van der Waals surface area contributed by atoms with Crippen molar-refractivity contribution in [3.8, 4) is 0 Å². The van der Waals surface area contributed by atoms with Gasteiger partial charge in [0.05, 0.1) is 25.4 Å². The Morgan fingerprint density at radius 3 is 0.693 bits per heavy atom. The second-order valence-corrected chi connectivity index (χ2v) is 28.8. The maximum Gasteiger partial charge on any atom is 0.305 e. The van der Waals surface area contributed by atoms with Gasteiger partial charge in [0.1, 0.15) is 0 Å². The first-order valence-corrected chi connectivity index (χ1v) is 41.3. The quantitative estimate of drug-likeness (QED) is 0.0417. The topological polar surface area (TPSA) is 95.9 Å². The first kappa shape index (κ1) is 86.9. The van der Waals surface area contributed by atoms with Gasteiger partial charge in [-0.1, -0.05) is 450 Å². The average molecular weight is 1240 g/mol. The molecule has 88 heavy (non-hydrogen) atoms. The highest BCUT2D eigenvalue weighted by molar-refractivity contribution is 5.76. The lowest BCUT2D eigenvalue weighted by Gasteiger charge is -2.22. The highest BCUT2D eigenvalue weighted by Gasteiger charge is 2.20. The third-order valence-corrected chi connectivity index (χ3v) is 19.9. The van der Waals surface area contributed by atoms with Crippen LogP contribution in [0.1, 0.15) is 489 Å². The number of esters is 1. The van der Waals surface area contributed by atoms with Gasteiger partial charge >= 0.3 is 5.97 Å². The molecule has 0 aromatic rings. The fourth-order valence-corrected chi connectivity index (χ4v) is 13.6. The summed E-state index contributed by atoms with van der Waals surface area (Å²) >= 11 is 0. The molecule has 0 saturated heterocycles. The van der Waals surface area contributed by atoms with E-state index in [1.165, 1.54) is 417 Å². The molecule has 0 saturated carbocycles. The standard InChI is InChI=1S/C82H163NO5/c1-3-5-7-9-11-13-15-17-18-19-20-21-22-32-35-38-41-44-47-51-54-58-62-66-70-74-80(85)79(78-84)83-81(86)75-71-67-63-59-55-52-48-45-42-39-36-33-30-28-26-24-23-25-27-29-31-34-37-40-43-46-49-53-57-61-65-69-73-77-88-82(87)76-72-68-64-60-56-50-16-14-12-10-8-6-4-2/h79-80,84-85H,3-78H2,1-2H3,(H,83,86). The molecule has 0 heterocycles. The van der Waals surface area contributed by atoms with Crippen LogP contribution in [-0.2, 0) is 14.3 Å². The van der Waals surface area contributed by atoms with Crippen LogP contribution in [-0.4, -0.2) is 47.4 Å². The summed E-state index contributed by atoms with van der Waals surface area (Å²) in [5.74, 6) is 0.00164. The molecule has 0 bridgehead atoms. The third-order valence-electron chi connectivity index (χ3n) is 19.9. The molecule has 0 spiro atoms. The van der Waals surface area contributed by atoms with Gasteiger partial charge in [0.15, 0.2) is 0 Å². The molecule has 0 fully saturated rings. The molecule has 0 aromatic heterocycles. The van der Waals surface area contributed by atoms with E-state index in [0.717, 1.165) is 38.5 Å². The van der Waals surface area contributed by atoms with Gasteiger partial charge < -0.3 is 20.3 Å². The second-order valence-electron chi connectivity index (χ2n) is 28.8. The fraction of sp³-hybridized carbons (Fsp3) is 0.976. The number of amides is 1. The van der Waals surface area contributed by atoms with E-state index in [-0.39, 0.29) is 18.5 Å². The van der Waals surface area contributed by atoms with Gasteiger partial charge in [-0.2, -0.15) is 0 Å². The average Bonchev–Trinajstić information content (AvgIpc) is 3.53. The van der Waals surface area contributed by atoms with Gasteiger partial charge in [0.2, 0.25) is 5.91 Å². The van der Waals surface area contributed by atoms with Crippen LogP contribution in [0.3, 0.4) is 0 Å². The van der Waals surface area contributed by atoms with E-state index in [0.29, 0.717) is 25.9 Å². The molecule has 0 rings (SSSR count). The Hall–Kier alpha value is -1.14. The Balaban J connectivity index is 3.32. The number of carbonyl (C=O) groups is 2. The third kappa shape index (κ3) is 73.9. The van der Waals surface area contributed by atoms with Crippen LogP contribution in [0.2, 0.25) is 0 Å². The van der Waals surface area contributed by atoms with E-state index >= 15 is 0 Å². The van der Waals surface area contributed by atoms with E-state index < -0.39 is 12.1 Å². The molecule has 3 N–H and O–H groups in total. The first-order valence-electron chi connectivity index (χ1n) is 41.3. The van der Waals surface area contributed by atoms with Crippen LogP contribution in [0, 0.1) is 0 Å². The van der Waals surface area contributed by atoms with Crippen molar-refractivity contribution >= 4 is 11.9 Å². The Labute approximate surface area is 553 Å². The minimum absolute atomic E-state index is 0.0232. The number of aliphatic hydroxyl groups is 2. The van der Waals surface area contributed by atoms with Crippen molar-refractivity contribution in [2.24, 2.45) is 0 Å². The summed E-state index contributed by atoms with van der Waals surface area (Å²) in [7, 11) is 0. The molecule has 0 aliphatic heterocycles. The van der Waals surface area contributed by atoms with Gasteiger partial charge in [-0.15, -0.1) is 0 Å². The highest BCUT2D eigenvalue weighted by atomic mass is 16.5. The highest BCUT2D eigenvalue weighted by Crippen LogP contribution is 2.21. The minimum Gasteiger partial charge on any atom is -0.466 e. The maximum atomic E-state index is 12.6. The molecule has 0 aliphatic carbocycles. The monoisotopic (exact) mass is 1240 g/mol. The second kappa shape index (κ2) is 78.3. The Kier molecular flexibility index (Phi) is 77.3. The van der Waals surface area contributed by atoms with Crippen molar-refractivity contribution in [3.05, 3.63) is 0 Å². The molecule has 6 nitrogen and oxygen atoms in total. The van der Waals surface area contributed by atoms with Crippen LogP contribution in [0.25, 0.3) is 0 Å². The SMILES string of the molecule is CCCCCCCCCCCCCCCCCCCCCCCCCCCC(O)C(CO)NC(=O)CCCCCCCCCCCCCCCCCCCCCCCCCCCCCCCCCCCOC(=O)CCCCCCCCCCCCCCC. The molecule has 6 heteroatoms. The van der Waals surface area contributed by atoms with Gasteiger partial charge in [-0.05, 0) is 25.7 Å². The van der Waals surface area contributed by atoms with Crippen molar-refractivity contribution < 1.29 is 24.5 Å². The Morgan fingerprint density at radius 1 is 0.273 bits per heavy atom. The van der Waals surface area contributed by atoms with Crippen LogP contribution in [0.15, 0.2) is 0 Å². The molecular formula is C82H163NO5. The first-order chi connectivity index (χ1) is 43.5. The van der Waals surface area contributed by atoms with E-state index in [1.54, 1.807) is 0 Å². The van der Waals surface area contributed by atoms with E-state index in [1.807, 2.05) is 0 Å². The molecular weight excluding hydrogens is 1080 g/mol. The summed E-state index contributed by atoms with van der Waals surface area (Å²) in [6.45, 7) is 5.02. The zero-order valence-electron chi connectivity index (χ0n) is 60.5. The van der Waals surface area contributed by atoms with Gasteiger partial charge in [-0.25, -0.2) is 0 Å². The molecule has 0 radical (unpaired) electrons. The van der Waals surface area contributed by atoms with Crippen LogP contribution in [0.5, 0.6) is 0 Å². The van der Waals surface area contributed by atoms with Gasteiger partial charge in [0.25, 0.3) is 0 Å². The predicted octanol–water partition coefficient (Wildman–Crippen LogP) is 27.3. The normalized spacial score (nSPS) is 12.4. The zero-order valence-corrected chi connectivity index (χ0v) is 60.5. The lowest BCUT2D eigenvalue weighted by molar-refractivity contribution is -0.143. The number of hydrogen-bond acceptors (Lipinski definition) is 5. The molecule has 0 aromatic carbocycles. The molecule has 2 atom stereocenters. The summed E-state index contributed by atoms with van der Waals surface area (Å²) < 4.78 is 5.50.